The van der Waals surface area contributed by atoms with Crippen molar-refractivity contribution in [1.82, 2.24) is 0 Å². The van der Waals surface area contributed by atoms with Gasteiger partial charge in [-0.2, -0.15) is 0 Å². The molecule has 10 aromatic rings. The van der Waals surface area contributed by atoms with Crippen LogP contribution in [0.2, 0.25) is 0 Å². The third kappa shape index (κ3) is 4.09. The predicted molar refractivity (Wildman–Crippen MR) is 226 cm³/mol. The van der Waals surface area contributed by atoms with Crippen LogP contribution in [0.1, 0.15) is 25.0 Å². The first kappa shape index (κ1) is 29.7. The molecule has 0 aliphatic heterocycles. The van der Waals surface area contributed by atoms with Crippen molar-refractivity contribution in [3.63, 3.8) is 0 Å². The maximum Gasteiger partial charge on any atom is 0.0443 e. The number of fused-ring (bicyclic) bond motifs is 12. The molecule has 0 unspecified atom stereocenters. The van der Waals surface area contributed by atoms with E-state index in [4.69, 9.17) is 0 Å². The van der Waals surface area contributed by atoms with Gasteiger partial charge in [-0.25, -0.2) is 0 Å². The summed E-state index contributed by atoms with van der Waals surface area (Å²) in [4.78, 5) is 0. The highest BCUT2D eigenvalue weighted by Gasteiger charge is 2.39. The molecule has 11 rings (SSSR count). The predicted octanol–water partition coefficient (Wildman–Crippen LogP) is 14.8. The van der Waals surface area contributed by atoms with Crippen molar-refractivity contribution in [3.05, 3.63) is 181 Å². The largest absolute Gasteiger partial charge is 0.134 e. The highest BCUT2D eigenvalue weighted by molar-refractivity contribution is 7.26. The van der Waals surface area contributed by atoms with E-state index in [2.05, 4.69) is 184 Å². The van der Waals surface area contributed by atoms with E-state index in [-0.39, 0.29) is 5.41 Å². The second-order valence-electron chi connectivity index (χ2n) is 14.8. The lowest BCUT2D eigenvalue weighted by Gasteiger charge is -2.24. The van der Waals surface area contributed by atoms with E-state index in [1.807, 2.05) is 11.3 Å². The summed E-state index contributed by atoms with van der Waals surface area (Å²) < 4.78 is 2.76. The zero-order valence-corrected chi connectivity index (χ0v) is 29.9. The molecule has 0 saturated heterocycles. The van der Waals surface area contributed by atoms with Crippen LogP contribution in [-0.4, -0.2) is 0 Å². The summed E-state index contributed by atoms with van der Waals surface area (Å²) in [5, 5.41) is 10.6. The van der Waals surface area contributed by atoms with Crippen molar-refractivity contribution >= 4 is 63.8 Å². The Balaban J connectivity index is 1.16. The third-order valence-corrected chi connectivity index (χ3v) is 12.8. The molecular weight excluding hydrogens is 645 g/mol. The number of thiophene rings is 1. The van der Waals surface area contributed by atoms with Crippen LogP contribution < -0.4 is 0 Å². The van der Waals surface area contributed by atoms with Crippen molar-refractivity contribution in [2.75, 3.05) is 0 Å². The average Bonchev–Trinajstić information content (AvgIpc) is 3.70. The van der Waals surface area contributed by atoms with Gasteiger partial charge in [0.15, 0.2) is 0 Å². The molecule has 0 bridgehead atoms. The second kappa shape index (κ2) is 11.0. The van der Waals surface area contributed by atoms with Gasteiger partial charge in [-0.05, 0) is 94.5 Å². The number of rotatable bonds is 3. The zero-order valence-electron chi connectivity index (χ0n) is 29.1. The van der Waals surface area contributed by atoms with E-state index in [1.54, 1.807) is 0 Å². The Hall–Kier alpha value is -6.02. The molecule has 1 aromatic heterocycles. The minimum absolute atomic E-state index is 0.170. The molecular formula is C51H34S. The monoisotopic (exact) mass is 678 g/mol. The molecule has 0 saturated carbocycles. The maximum atomic E-state index is 2.52. The summed E-state index contributed by atoms with van der Waals surface area (Å²) in [6, 6.07) is 63.1. The van der Waals surface area contributed by atoms with Gasteiger partial charge in [0.25, 0.3) is 0 Å². The van der Waals surface area contributed by atoms with Gasteiger partial charge in [0, 0.05) is 31.2 Å². The Bertz CT molecular complexity index is 3010. The smallest absolute Gasteiger partial charge is 0.0443 e. The fourth-order valence-corrected chi connectivity index (χ4v) is 10.6. The van der Waals surface area contributed by atoms with Crippen LogP contribution in [-0.2, 0) is 5.41 Å². The SMILES string of the molecule is CC1(C)c2cc(-c3c4ccccc4c(-c4ccc(-c5ccccc5)cc4)c4ccccc34)ccc2-c2c1c1ccccc1c1c2sc2ccccc21. The van der Waals surface area contributed by atoms with E-state index >= 15 is 0 Å². The average molecular weight is 679 g/mol. The maximum absolute atomic E-state index is 2.52. The first-order chi connectivity index (χ1) is 25.6. The minimum atomic E-state index is -0.170. The van der Waals surface area contributed by atoms with Gasteiger partial charge in [0.2, 0.25) is 0 Å². The van der Waals surface area contributed by atoms with Crippen LogP contribution in [0.4, 0.5) is 0 Å². The number of hydrogen-bond acceptors (Lipinski definition) is 1. The van der Waals surface area contributed by atoms with Gasteiger partial charge in [0.05, 0.1) is 0 Å². The van der Waals surface area contributed by atoms with E-state index < -0.39 is 0 Å². The first-order valence-electron chi connectivity index (χ1n) is 18.2. The number of benzene rings is 9. The lowest BCUT2D eigenvalue weighted by molar-refractivity contribution is 0.667. The van der Waals surface area contributed by atoms with Crippen LogP contribution in [0.25, 0.3) is 97.0 Å². The highest BCUT2D eigenvalue weighted by Crippen LogP contribution is 2.58. The van der Waals surface area contributed by atoms with Gasteiger partial charge >= 0.3 is 0 Å². The third-order valence-electron chi connectivity index (χ3n) is 11.6. The number of hydrogen-bond donors (Lipinski definition) is 0. The highest BCUT2D eigenvalue weighted by atomic mass is 32.1. The van der Waals surface area contributed by atoms with Gasteiger partial charge in [-0.15, -0.1) is 11.3 Å². The summed E-state index contributed by atoms with van der Waals surface area (Å²) in [7, 11) is 0. The van der Waals surface area contributed by atoms with Crippen LogP contribution in [0.15, 0.2) is 170 Å². The second-order valence-corrected chi connectivity index (χ2v) is 15.8. The minimum Gasteiger partial charge on any atom is -0.134 e. The van der Waals surface area contributed by atoms with Crippen molar-refractivity contribution in [1.29, 1.82) is 0 Å². The van der Waals surface area contributed by atoms with Crippen molar-refractivity contribution in [2.24, 2.45) is 0 Å². The van der Waals surface area contributed by atoms with Crippen molar-refractivity contribution < 1.29 is 0 Å². The fourth-order valence-electron chi connectivity index (χ4n) is 9.34. The van der Waals surface area contributed by atoms with E-state index in [9.17, 15) is 0 Å². The van der Waals surface area contributed by atoms with E-state index in [1.165, 1.54) is 108 Å². The summed E-state index contributed by atoms with van der Waals surface area (Å²) >= 11 is 1.95. The Morgan fingerprint density at radius 2 is 0.865 bits per heavy atom. The van der Waals surface area contributed by atoms with Gasteiger partial charge < -0.3 is 0 Å². The van der Waals surface area contributed by atoms with E-state index in [0.29, 0.717) is 0 Å². The Kier molecular flexibility index (Phi) is 6.27. The molecule has 1 heterocycles. The molecule has 1 aliphatic rings. The topological polar surface area (TPSA) is 0 Å². The molecule has 0 spiro atoms. The normalized spacial score (nSPS) is 13.3. The molecule has 0 N–H and O–H groups in total. The quantitative estimate of drug-likeness (QED) is 0.163. The van der Waals surface area contributed by atoms with Crippen LogP contribution >= 0.6 is 11.3 Å². The molecule has 9 aromatic carbocycles. The Morgan fingerprint density at radius 1 is 0.385 bits per heavy atom. The summed E-state index contributed by atoms with van der Waals surface area (Å²) in [6.07, 6.45) is 0. The molecule has 0 fully saturated rings. The molecule has 0 radical (unpaired) electrons. The standard InChI is InChI=1S/C51H34S/c1-51(2)43-30-34(28-29-41(43)48-49(51)40-21-11-10-20-39(40)47-42-22-12-13-23-44(42)52-50(47)48)46-37-18-8-6-16-35(37)45(36-17-7-9-19-38(36)46)33-26-24-32(25-27-33)31-14-4-3-5-15-31/h3-30H,1-2H3. The molecule has 0 atom stereocenters. The van der Waals surface area contributed by atoms with Crippen LogP contribution in [0.5, 0.6) is 0 Å². The fraction of sp³-hybridized carbons (Fsp3) is 0.0588. The lowest BCUT2D eigenvalue weighted by Crippen LogP contribution is -2.15. The van der Waals surface area contributed by atoms with Crippen molar-refractivity contribution in [3.8, 4) is 44.5 Å². The molecule has 1 aliphatic carbocycles. The molecule has 244 valence electrons. The van der Waals surface area contributed by atoms with Crippen LogP contribution in [0.3, 0.4) is 0 Å². The van der Waals surface area contributed by atoms with Crippen molar-refractivity contribution in [2.45, 2.75) is 19.3 Å². The van der Waals surface area contributed by atoms with Gasteiger partial charge in [-0.1, -0.05) is 172 Å². The molecule has 1 heteroatoms. The zero-order chi connectivity index (χ0) is 34.6. The summed E-state index contributed by atoms with van der Waals surface area (Å²) in [6.45, 7) is 4.87. The lowest BCUT2D eigenvalue weighted by atomic mass is 9.78. The van der Waals surface area contributed by atoms with Crippen LogP contribution in [0, 0.1) is 0 Å². The molecule has 0 nitrogen and oxygen atoms in total. The van der Waals surface area contributed by atoms with E-state index in [0.717, 1.165) is 0 Å². The molecule has 52 heavy (non-hydrogen) atoms. The Morgan fingerprint density at radius 3 is 1.52 bits per heavy atom. The van der Waals surface area contributed by atoms with Gasteiger partial charge in [0.1, 0.15) is 0 Å². The first-order valence-corrected chi connectivity index (χ1v) is 19.0. The Labute approximate surface area is 307 Å². The van der Waals surface area contributed by atoms with Gasteiger partial charge in [-0.3, -0.25) is 0 Å². The molecule has 0 amide bonds. The summed E-state index contributed by atoms with van der Waals surface area (Å²) in [5.41, 5.74) is 13.1. The summed E-state index contributed by atoms with van der Waals surface area (Å²) in [5.74, 6) is 0.